The second-order valence-corrected chi connectivity index (χ2v) is 1.98. The minimum absolute atomic E-state index is 0.542. The topological polar surface area (TPSA) is 60.9 Å². The molecule has 0 unspecified atom stereocenters. The number of nitrogens with zero attached hydrogens (tertiary/aromatic N) is 2. The van der Waals surface area contributed by atoms with Gasteiger partial charge in [0.25, 0.3) is 0 Å². The zero-order valence-corrected chi connectivity index (χ0v) is 5.74. The van der Waals surface area contributed by atoms with Gasteiger partial charge in [-0.25, -0.2) is 4.79 Å². The van der Waals surface area contributed by atoms with Crippen molar-refractivity contribution in [2.45, 2.75) is 13.3 Å². The molecule has 1 amide bonds. The maximum atomic E-state index is 10.5. The number of carbonyl (C=O) groups excluding carboxylic acids is 1. The van der Waals surface area contributed by atoms with Crippen LogP contribution in [0.2, 0.25) is 0 Å². The number of rotatable bonds is 1. The molecule has 0 saturated heterocycles. The fourth-order valence-corrected chi connectivity index (χ4v) is 0.663. The average Bonchev–Trinajstić information content (AvgIpc) is 2.34. The fraction of sp³-hybridized carbons (Fsp3) is 0.333. The van der Waals surface area contributed by atoms with Crippen molar-refractivity contribution in [2.75, 3.05) is 0 Å². The highest BCUT2D eigenvalue weighted by Gasteiger charge is 1.98. The van der Waals surface area contributed by atoms with E-state index >= 15 is 0 Å². The molecule has 0 aliphatic rings. The van der Waals surface area contributed by atoms with Gasteiger partial charge >= 0.3 is 6.03 Å². The van der Waals surface area contributed by atoms with E-state index in [1.807, 2.05) is 6.92 Å². The smallest absolute Gasteiger partial charge is 0.339 e. The van der Waals surface area contributed by atoms with E-state index < -0.39 is 6.03 Å². The van der Waals surface area contributed by atoms with E-state index in [2.05, 4.69) is 5.10 Å². The van der Waals surface area contributed by atoms with Gasteiger partial charge in [-0.1, -0.05) is 6.92 Å². The average molecular weight is 139 g/mol. The molecular weight excluding hydrogens is 130 g/mol. The molecule has 0 saturated carbocycles. The number of nitrogens with two attached hydrogens (primary N) is 1. The van der Waals surface area contributed by atoms with Crippen molar-refractivity contribution in [2.24, 2.45) is 5.73 Å². The van der Waals surface area contributed by atoms with Crippen molar-refractivity contribution >= 4 is 6.03 Å². The lowest BCUT2D eigenvalue weighted by Crippen LogP contribution is -2.19. The van der Waals surface area contributed by atoms with E-state index in [0.717, 1.165) is 16.7 Å². The molecule has 0 fully saturated rings. The lowest BCUT2D eigenvalue weighted by molar-refractivity contribution is 0.247. The third-order valence-corrected chi connectivity index (χ3v) is 1.27. The lowest BCUT2D eigenvalue weighted by atomic mass is 10.3. The van der Waals surface area contributed by atoms with Gasteiger partial charge in [0.1, 0.15) is 0 Å². The van der Waals surface area contributed by atoms with Gasteiger partial charge in [-0.3, -0.25) is 0 Å². The molecule has 1 aromatic heterocycles. The Hall–Kier alpha value is -1.32. The molecule has 0 aromatic carbocycles. The van der Waals surface area contributed by atoms with Crippen LogP contribution in [-0.4, -0.2) is 15.8 Å². The fourth-order valence-electron chi connectivity index (χ4n) is 0.663. The molecular formula is C6H9N3O. The van der Waals surface area contributed by atoms with Crippen molar-refractivity contribution in [3.63, 3.8) is 0 Å². The molecule has 4 nitrogen and oxygen atoms in total. The number of primary amides is 1. The largest absolute Gasteiger partial charge is 0.350 e. The Labute approximate surface area is 58.6 Å². The van der Waals surface area contributed by atoms with Gasteiger partial charge in [0, 0.05) is 6.20 Å². The van der Waals surface area contributed by atoms with Gasteiger partial charge in [0.15, 0.2) is 0 Å². The maximum Gasteiger partial charge on any atom is 0.339 e. The summed E-state index contributed by atoms with van der Waals surface area (Å²) in [6.45, 7) is 1.99. The van der Waals surface area contributed by atoms with Gasteiger partial charge in [-0.2, -0.15) is 9.78 Å². The second-order valence-electron chi connectivity index (χ2n) is 1.98. The van der Waals surface area contributed by atoms with Crippen LogP contribution in [0.3, 0.4) is 0 Å². The van der Waals surface area contributed by atoms with Gasteiger partial charge in [0.2, 0.25) is 0 Å². The SMILES string of the molecule is CCc1cnn(C(N)=O)c1. The first-order valence-electron chi connectivity index (χ1n) is 3.07. The van der Waals surface area contributed by atoms with Gasteiger partial charge in [0.05, 0.1) is 6.20 Å². The number of aryl methyl sites for hydroxylation is 1. The van der Waals surface area contributed by atoms with E-state index in [9.17, 15) is 4.79 Å². The molecule has 1 aromatic rings. The summed E-state index contributed by atoms with van der Waals surface area (Å²) in [7, 11) is 0. The van der Waals surface area contributed by atoms with Crippen LogP contribution in [0.1, 0.15) is 12.5 Å². The highest BCUT2D eigenvalue weighted by Crippen LogP contribution is 1.96. The molecule has 1 heterocycles. The normalized spacial score (nSPS) is 9.70. The summed E-state index contributed by atoms with van der Waals surface area (Å²) in [5.74, 6) is 0. The summed E-state index contributed by atoms with van der Waals surface area (Å²) in [6, 6.07) is -0.542. The molecule has 4 heteroatoms. The van der Waals surface area contributed by atoms with Crippen LogP contribution >= 0.6 is 0 Å². The molecule has 54 valence electrons. The molecule has 0 aliphatic heterocycles. The molecule has 2 N–H and O–H groups in total. The van der Waals surface area contributed by atoms with Crippen molar-refractivity contribution in [3.8, 4) is 0 Å². The zero-order valence-electron chi connectivity index (χ0n) is 5.74. The standard InChI is InChI=1S/C6H9N3O/c1-2-5-3-8-9(4-5)6(7)10/h3-4H,2H2,1H3,(H2,7,10). The lowest BCUT2D eigenvalue weighted by Gasteiger charge is -1.88. The predicted octanol–water partition coefficient (Wildman–Crippen LogP) is 0.372. The van der Waals surface area contributed by atoms with E-state index in [4.69, 9.17) is 5.73 Å². The van der Waals surface area contributed by atoms with Crippen LogP contribution < -0.4 is 5.73 Å². The Bertz CT molecular complexity index is 241. The van der Waals surface area contributed by atoms with Crippen LogP contribution in [0.25, 0.3) is 0 Å². The molecule has 1 rings (SSSR count). The number of amides is 1. The third-order valence-electron chi connectivity index (χ3n) is 1.27. The molecule has 0 aliphatic carbocycles. The highest BCUT2D eigenvalue weighted by atomic mass is 16.2. The molecule has 0 atom stereocenters. The van der Waals surface area contributed by atoms with Gasteiger partial charge < -0.3 is 5.73 Å². The van der Waals surface area contributed by atoms with E-state index in [1.54, 1.807) is 12.4 Å². The summed E-state index contributed by atoms with van der Waals surface area (Å²) in [6.07, 6.45) is 4.13. The first kappa shape index (κ1) is 6.80. The Balaban J connectivity index is 2.88. The van der Waals surface area contributed by atoms with E-state index in [1.165, 1.54) is 0 Å². The number of aromatic nitrogens is 2. The molecule has 0 bridgehead atoms. The summed E-state index contributed by atoms with van der Waals surface area (Å²) < 4.78 is 1.12. The summed E-state index contributed by atoms with van der Waals surface area (Å²) >= 11 is 0. The Morgan fingerprint density at radius 3 is 2.90 bits per heavy atom. The highest BCUT2D eigenvalue weighted by molar-refractivity contribution is 5.73. The molecule has 0 radical (unpaired) electrons. The van der Waals surface area contributed by atoms with Crippen molar-refractivity contribution < 1.29 is 4.79 Å². The van der Waals surface area contributed by atoms with Crippen molar-refractivity contribution in [1.29, 1.82) is 0 Å². The van der Waals surface area contributed by atoms with Gasteiger partial charge in [-0.15, -0.1) is 0 Å². The zero-order chi connectivity index (χ0) is 7.56. The third kappa shape index (κ3) is 1.15. The second kappa shape index (κ2) is 2.51. The Kier molecular flexibility index (Phi) is 1.71. The van der Waals surface area contributed by atoms with E-state index in [-0.39, 0.29) is 0 Å². The van der Waals surface area contributed by atoms with Gasteiger partial charge in [-0.05, 0) is 12.0 Å². The summed E-state index contributed by atoms with van der Waals surface area (Å²) in [5.41, 5.74) is 5.96. The molecule has 0 spiro atoms. The Morgan fingerprint density at radius 1 is 1.90 bits per heavy atom. The number of hydrogen-bond acceptors (Lipinski definition) is 2. The Morgan fingerprint density at radius 2 is 2.60 bits per heavy atom. The predicted molar refractivity (Wildman–Crippen MR) is 36.6 cm³/mol. The number of hydrogen-bond donors (Lipinski definition) is 1. The first-order chi connectivity index (χ1) is 4.74. The van der Waals surface area contributed by atoms with E-state index in [0.29, 0.717) is 0 Å². The minimum atomic E-state index is -0.542. The van der Waals surface area contributed by atoms with Crippen LogP contribution in [-0.2, 0) is 6.42 Å². The van der Waals surface area contributed by atoms with Crippen LogP contribution in [0.15, 0.2) is 12.4 Å². The first-order valence-corrected chi connectivity index (χ1v) is 3.07. The minimum Gasteiger partial charge on any atom is -0.350 e. The monoisotopic (exact) mass is 139 g/mol. The summed E-state index contributed by atoms with van der Waals surface area (Å²) in [4.78, 5) is 10.5. The van der Waals surface area contributed by atoms with Crippen LogP contribution in [0, 0.1) is 0 Å². The molecule has 10 heavy (non-hydrogen) atoms. The quantitative estimate of drug-likeness (QED) is 0.611. The van der Waals surface area contributed by atoms with Crippen LogP contribution in [0.4, 0.5) is 4.79 Å². The van der Waals surface area contributed by atoms with Crippen LogP contribution in [0.5, 0.6) is 0 Å². The van der Waals surface area contributed by atoms with Crippen molar-refractivity contribution in [3.05, 3.63) is 18.0 Å². The van der Waals surface area contributed by atoms with Crippen molar-refractivity contribution in [1.82, 2.24) is 9.78 Å². The summed E-state index contributed by atoms with van der Waals surface area (Å²) in [5, 5.41) is 3.73. The maximum absolute atomic E-state index is 10.5. The number of carbonyl (C=O) groups is 1.